The molecule has 1 N–H and O–H groups in total. The second-order valence-corrected chi connectivity index (χ2v) is 6.86. The Bertz CT molecular complexity index is 566. The fourth-order valence-electron chi connectivity index (χ4n) is 1.84. The van der Waals surface area contributed by atoms with Gasteiger partial charge in [0.2, 0.25) is 10.0 Å². The van der Waals surface area contributed by atoms with Gasteiger partial charge in [-0.15, -0.1) is 0 Å². The van der Waals surface area contributed by atoms with Crippen LogP contribution in [-0.4, -0.2) is 27.5 Å². The van der Waals surface area contributed by atoms with Crippen LogP contribution in [0.2, 0.25) is 0 Å². The van der Waals surface area contributed by atoms with E-state index in [1.165, 1.54) is 13.2 Å². The van der Waals surface area contributed by atoms with Crippen LogP contribution >= 0.6 is 0 Å². The van der Waals surface area contributed by atoms with Gasteiger partial charge in [0.05, 0.1) is 12.0 Å². The van der Waals surface area contributed by atoms with Gasteiger partial charge in [-0.3, -0.25) is 4.79 Å². The molecule has 0 saturated heterocycles. The second-order valence-electron chi connectivity index (χ2n) is 5.14. The van der Waals surface area contributed by atoms with Gasteiger partial charge < -0.3 is 4.74 Å². The standard InChI is InChI=1S/C14H21NO4S/c1-10(2)8-13(14(16)19-4)15-20(17,18)12-7-5-6-11(3)9-12/h5-7,9-10,13,15H,8H2,1-4H3. The lowest BCUT2D eigenvalue weighted by atomic mass is 10.1. The first-order chi connectivity index (χ1) is 9.26. The van der Waals surface area contributed by atoms with Crippen LogP contribution < -0.4 is 4.72 Å². The number of aryl methyl sites for hydroxylation is 1. The molecular weight excluding hydrogens is 278 g/mol. The van der Waals surface area contributed by atoms with Gasteiger partial charge in [0.25, 0.3) is 0 Å². The first-order valence-corrected chi connectivity index (χ1v) is 7.91. The Balaban J connectivity index is 2.99. The summed E-state index contributed by atoms with van der Waals surface area (Å²) in [5, 5.41) is 0. The fourth-order valence-corrected chi connectivity index (χ4v) is 3.15. The van der Waals surface area contributed by atoms with Crippen LogP contribution in [0.5, 0.6) is 0 Å². The zero-order chi connectivity index (χ0) is 15.3. The lowest BCUT2D eigenvalue weighted by molar-refractivity contribution is -0.143. The molecule has 1 atom stereocenters. The van der Waals surface area contributed by atoms with Gasteiger partial charge in [-0.2, -0.15) is 4.72 Å². The van der Waals surface area contributed by atoms with E-state index < -0.39 is 22.0 Å². The zero-order valence-electron chi connectivity index (χ0n) is 12.2. The minimum absolute atomic E-state index is 0.148. The van der Waals surface area contributed by atoms with E-state index in [-0.39, 0.29) is 10.8 Å². The van der Waals surface area contributed by atoms with Gasteiger partial charge >= 0.3 is 5.97 Å². The minimum atomic E-state index is -3.73. The van der Waals surface area contributed by atoms with E-state index in [4.69, 9.17) is 0 Å². The number of benzene rings is 1. The number of methoxy groups -OCH3 is 1. The smallest absolute Gasteiger partial charge is 0.323 e. The van der Waals surface area contributed by atoms with E-state index in [1.807, 2.05) is 26.8 Å². The lowest BCUT2D eigenvalue weighted by Gasteiger charge is -2.18. The third kappa shape index (κ3) is 4.61. The summed E-state index contributed by atoms with van der Waals surface area (Å²) in [6, 6.07) is 5.67. The maximum Gasteiger partial charge on any atom is 0.323 e. The Hall–Kier alpha value is -1.40. The monoisotopic (exact) mass is 299 g/mol. The first kappa shape index (κ1) is 16.7. The van der Waals surface area contributed by atoms with Crippen molar-refractivity contribution in [1.82, 2.24) is 4.72 Å². The van der Waals surface area contributed by atoms with Crippen molar-refractivity contribution in [3.63, 3.8) is 0 Å². The largest absolute Gasteiger partial charge is 0.468 e. The van der Waals surface area contributed by atoms with Crippen molar-refractivity contribution in [1.29, 1.82) is 0 Å². The maximum atomic E-state index is 12.3. The molecule has 112 valence electrons. The molecule has 0 spiro atoms. The van der Waals surface area contributed by atoms with Crippen molar-refractivity contribution < 1.29 is 17.9 Å². The molecule has 6 heteroatoms. The average molecular weight is 299 g/mol. The topological polar surface area (TPSA) is 72.5 Å². The van der Waals surface area contributed by atoms with Gasteiger partial charge in [0.1, 0.15) is 6.04 Å². The van der Waals surface area contributed by atoms with Crippen LogP contribution in [0.15, 0.2) is 29.2 Å². The number of sulfonamides is 1. The Morgan fingerprint density at radius 3 is 2.50 bits per heavy atom. The van der Waals surface area contributed by atoms with Crippen molar-refractivity contribution in [3.8, 4) is 0 Å². The van der Waals surface area contributed by atoms with Gasteiger partial charge in [-0.25, -0.2) is 8.42 Å². The van der Waals surface area contributed by atoms with Gasteiger partial charge in [0.15, 0.2) is 0 Å². The van der Waals surface area contributed by atoms with Crippen LogP contribution in [0.3, 0.4) is 0 Å². The highest BCUT2D eigenvalue weighted by Gasteiger charge is 2.27. The highest BCUT2D eigenvalue weighted by atomic mass is 32.2. The third-order valence-electron chi connectivity index (χ3n) is 2.79. The summed E-state index contributed by atoms with van der Waals surface area (Å²) in [5.41, 5.74) is 0.839. The van der Waals surface area contributed by atoms with Crippen molar-refractivity contribution in [2.24, 2.45) is 5.92 Å². The van der Waals surface area contributed by atoms with E-state index >= 15 is 0 Å². The molecule has 1 unspecified atom stereocenters. The molecule has 0 aliphatic heterocycles. The van der Waals surface area contributed by atoms with E-state index in [0.717, 1.165) is 5.56 Å². The maximum absolute atomic E-state index is 12.3. The van der Waals surface area contributed by atoms with Crippen LogP contribution in [-0.2, 0) is 19.6 Å². The Morgan fingerprint density at radius 1 is 1.35 bits per heavy atom. The van der Waals surface area contributed by atoms with Crippen molar-refractivity contribution in [3.05, 3.63) is 29.8 Å². The molecule has 0 aliphatic rings. The summed E-state index contributed by atoms with van der Waals surface area (Å²) < 4.78 is 31.6. The average Bonchev–Trinajstić information content (AvgIpc) is 2.36. The van der Waals surface area contributed by atoms with Crippen LogP contribution in [0.4, 0.5) is 0 Å². The highest BCUT2D eigenvalue weighted by Crippen LogP contribution is 2.14. The summed E-state index contributed by atoms with van der Waals surface area (Å²) in [6.07, 6.45) is 0.387. The Labute approximate surface area is 120 Å². The second kappa shape index (κ2) is 6.85. The minimum Gasteiger partial charge on any atom is -0.468 e. The number of rotatable bonds is 6. The SMILES string of the molecule is COC(=O)C(CC(C)C)NS(=O)(=O)c1cccc(C)c1. The Kier molecular flexibility index (Phi) is 5.71. The van der Waals surface area contributed by atoms with Crippen LogP contribution in [0.25, 0.3) is 0 Å². The lowest BCUT2D eigenvalue weighted by Crippen LogP contribution is -2.42. The van der Waals surface area contributed by atoms with Crippen molar-refractivity contribution >= 4 is 16.0 Å². The molecule has 0 aromatic heterocycles. The molecule has 0 saturated carbocycles. The summed E-state index contributed by atoms with van der Waals surface area (Å²) >= 11 is 0. The molecule has 0 bridgehead atoms. The number of esters is 1. The van der Waals surface area contributed by atoms with Gasteiger partial charge in [-0.05, 0) is 37.0 Å². The van der Waals surface area contributed by atoms with E-state index in [1.54, 1.807) is 12.1 Å². The first-order valence-electron chi connectivity index (χ1n) is 6.43. The predicted molar refractivity (Wildman–Crippen MR) is 76.8 cm³/mol. The molecule has 0 amide bonds. The number of carbonyl (C=O) groups is 1. The van der Waals surface area contributed by atoms with E-state index in [2.05, 4.69) is 9.46 Å². The third-order valence-corrected chi connectivity index (χ3v) is 4.26. The Morgan fingerprint density at radius 2 is 2.00 bits per heavy atom. The van der Waals surface area contributed by atoms with Crippen molar-refractivity contribution in [2.75, 3.05) is 7.11 Å². The summed E-state index contributed by atoms with van der Waals surface area (Å²) in [4.78, 5) is 11.8. The summed E-state index contributed by atoms with van der Waals surface area (Å²) in [7, 11) is -2.49. The molecular formula is C14H21NO4S. The van der Waals surface area contributed by atoms with Crippen LogP contribution in [0.1, 0.15) is 25.8 Å². The normalized spacial score (nSPS) is 13.2. The quantitative estimate of drug-likeness (QED) is 0.814. The van der Waals surface area contributed by atoms with Gasteiger partial charge in [0, 0.05) is 0 Å². The number of hydrogen-bond donors (Lipinski definition) is 1. The summed E-state index contributed by atoms with van der Waals surface area (Å²) in [6.45, 7) is 5.64. The highest BCUT2D eigenvalue weighted by molar-refractivity contribution is 7.89. The number of hydrogen-bond acceptors (Lipinski definition) is 4. The summed E-state index contributed by atoms with van der Waals surface area (Å²) in [5.74, 6) is -0.408. The number of carbonyl (C=O) groups excluding carboxylic acids is 1. The van der Waals surface area contributed by atoms with Crippen molar-refractivity contribution in [2.45, 2.75) is 38.1 Å². The number of ether oxygens (including phenoxy) is 1. The molecule has 0 heterocycles. The molecule has 0 aliphatic carbocycles. The van der Waals surface area contributed by atoms with E-state index in [0.29, 0.717) is 6.42 Å². The molecule has 0 radical (unpaired) electrons. The van der Waals surface area contributed by atoms with Crippen LogP contribution in [0, 0.1) is 12.8 Å². The molecule has 0 fully saturated rings. The van der Waals surface area contributed by atoms with E-state index in [9.17, 15) is 13.2 Å². The van der Waals surface area contributed by atoms with Gasteiger partial charge in [-0.1, -0.05) is 26.0 Å². The molecule has 5 nitrogen and oxygen atoms in total. The zero-order valence-corrected chi connectivity index (χ0v) is 13.0. The molecule has 1 aromatic rings. The predicted octanol–water partition coefficient (Wildman–Crippen LogP) is 1.86. The fraction of sp³-hybridized carbons (Fsp3) is 0.500. The number of nitrogens with one attached hydrogen (secondary N) is 1. The molecule has 20 heavy (non-hydrogen) atoms. The molecule has 1 aromatic carbocycles. The molecule has 1 rings (SSSR count).